The quantitative estimate of drug-likeness (QED) is 0.599. The maximum Gasteiger partial charge on any atom is 0.251 e. The smallest absolute Gasteiger partial charge is 0.251 e. The number of carbonyl (C=O) groups excluding carboxylic acids is 2. The molecule has 3 rings (SSSR count). The van der Waals surface area contributed by atoms with Crippen LogP contribution in [0.3, 0.4) is 0 Å². The molecule has 1 saturated heterocycles. The highest BCUT2D eigenvalue weighted by molar-refractivity contribution is 7.89. The van der Waals surface area contributed by atoms with Gasteiger partial charge in [-0.15, -0.1) is 0 Å². The molecule has 0 aromatic heterocycles. The van der Waals surface area contributed by atoms with Gasteiger partial charge in [0.1, 0.15) is 4.90 Å². The first kappa shape index (κ1) is 24.0. The fraction of sp³-hybridized carbons (Fsp3) is 0.636. The number of amides is 2. The second kappa shape index (κ2) is 10.8. The largest absolute Gasteiger partial charge is 0.354 e. The summed E-state index contributed by atoms with van der Waals surface area (Å²) in [5.74, 6) is 0.0141. The number of sulfonamides is 1. The van der Waals surface area contributed by atoms with E-state index in [2.05, 4.69) is 10.6 Å². The minimum atomic E-state index is -3.77. The van der Waals surface area contributed by atoms with E-state index in [1.165, 1.54) is 28.9 Å². The van der Waals surface area contributed by atoms with E-state index in [0.29, 0.717) is 19.6 Å². The highest BCUT2D eigenvalue weighted by Crippen LogP contribution is 2.29. The topological polar surface area (TPSA) is 95.6 Å². The molecule has 0 radical (unpaired) electrons. The summed E-state index contributed by atoms with van der Waals surface area (Å²) in [5, 5.41) is 5.72. The van der Waals surface area contributed by atoms with Gasteiger partial charge in [0.15, 0.2) is 0 Å². The van der Waals surface area contributed by atoms with Crippen molar-refractivity contribution in [2.75, 3.05) is 26.2 Å². The number of hydrogen-bond donors (Lipinski definition) is 2. The molecular formula is C22H32ClN3O4S. The lowest BCUT2D eigenvalue weighted by atomic mass is 9.89. The predicted molar refractivity (Wildman–Crippen MR) is 121 cm³/mol. The minimum absolute atomic E-state index is 0.0403. The van der Waals surface area contributed by atoms with Crippen LogP contribution < -0.4 is 10.6 Å². The van der Waals surface area contributed by atoms with Crippen molar-refractivity contribution in [2.24, 2.45) is 11.8 Å². The highest BCUT2D eigenvalue weighted by Gasteiger charge is 2.31. The summed E-state index contributed by atoms with van der Waals surface area (Å²) in [6.45, 7) is 3.55. The van der Waals surface area contributed by atoms with Gasteiger partial charge in [-0.1, -0.05) is 37.8 Å². The van der Waals surface area contributed by atoms with E-state index in [1.54, 1.807) is 0 Å². The van der Waals surface area contributed by atoms with Crippen LogP contribution in [0.15, 0.2) is 23.1 Å². The third kappa shape index (κ3) is 6.20. The third-order valence-electron chi connectivity index (χ3n) is 6.12. The lowest BCUT2D eigenvalue weighted by molar-refractivity contribution is -0.125. The van der Waals surface area contributed by atoms with Gasteiger partial charge in [0.05, 0.1) is 5.02 Å². The Bertz CT molecular complexity index is 900. The van der Waals surface area contributed by atoms with Crippen LogP contribution in [0, 0.1) is 11.8 Å². The molecule has 1 aromatic rings. The van der Waals surface area contributed by atoms with Gasteiger partial charge < -0.3 is 10.6 Å². The van der Waals surface area contributed by atoms with Crippen LogP contribution in [0.4, 0.5) is 0 Å². The molecule has 172 valence electrons. The number of benzene rings is 1. The monoisotopic (exact) mass is 469 g/mol. The van der Waals surface area contributed by atoms with E-state index in [4.69, 9.17) is 11.6 Å². The van der Waals surface area contributed by atoms with Crippen LogP contribution in [0.1, 0.15) is 62.2 Å². The molecule has 2 aliphatic rings. The number of piperidine rings is 1. The van der Waals surface area contributed by atoms with Crippen molar-refractivity contribution in [1.82, 2.24) is 14.9 Å². The number of hydrogen-bond acceptors (Lipinski definition) is 4. The summed E-state index contributed by atoms with van der Waals surface area (Å²) in [4.78, 5) is 24.7. The molecule has 2 amide bonds. The first-order valence-corrected chi connectivity index (χ1v) is 13.0. The van der Waals surface area contributed by atoms with Crippen LogP contribution >= 0.6 is 11.6 Å². The Morgan fingerprint density at radius 1 is 1.06 bits per heavy atom. The molecule has 1 heterocycles. The molecule has 1 aliphatic heterocycles. The number of nitrogens with one attached hydrogen (secondary N) is 2. The maximum absolute atomic E-state index is 13.1. The van der Waals surface area contributed by atoms with Crippen molar-refractivity contribution < 1.29 is 18.0 Å². The van der Waals surface area contributed by atoms with Gasteiger partial charge in [0.25, 0.3) is 5.91 Å². The Labute approximate surface area is 190 Å². The van der Waals surface area contributed by atoms with Crippen LogP contribution in [-0.2, 0) is 14.8 Å². The molecule has 1 aliphatic carbocycles. The van der Waals surface area contributed by atoms with Crippen molar-refractivity contribution in [3.8, 4) is 0 Å². The van der Waals surface area contributed by atoms with Crippen molar-refractivity contribution in [1.29, 1.82) is 0 Å². The number of carbonyl (C=O) groups is 2. The maximum atomic E-state index is 13.1. The molecule has 7 nitrogen and oxygen atoms in total. The average Bonchev–Trinajstić information content (AvgIpc) is 2.77. The van der Waals surface area contributed by atoms with Gasteiger partial charge in [-0.25, -0.2) is 8.42 Å². The molecule has 0 spiro atoms. The molecule has 1 unspecified atom stereocenters. The molecule has 1 aromatic carbocycles. The van der Waals surface area contributed by atoms with Gasteiger partial charge in [0, 0.05) is 37.7 Å². The Morgan fingerprint density at radius 2 is 1.77 bits per heavy atom. The zero-order chi connectivity index (χ0) is 22.4. The molecule has 2 N–H and O–H groups in total. The van der Waals surface area contributed by atoms with Crippen molar-refractivity contribution in [3.05, 3.63) is 28.8 Å². The van der Waals surface area contributed by atoms with Crippen molar-refractivity contribution in [3.63, 3.8) is 0 Å². The lowest BCUT2D eigenvalue weighted by Gasteiger charge is -2.30. The summed E-state index contributed by atoms with van der Waals surface area (Å²) in [6.07, 6.45) is 7.03. The number of rotatable bonds is 7. The molecule has 2 fully saturated rings. The van der Waals surface area contributed by atoms with E-state index >= 15 is 0 Å². The molecule has 1 atom stereocenters. The Balaban J connectivity index is 1.57. The van der Waals surface area contributed by atoms with Gasteiger partial charge in [0.2, 0.25) is 15.9 Å². The van der Waals surface area contributed by atoms with Gasteiger partial charge in [-0.2, -0.15) is 4.31 Å². The normalized spacial score (nSPS) is 20.9. The first-order valence-electron chi connectivity index (χ1n) is 11.1. The Morgan fingerprint density at radius 3 is 2.48 bits per heavy atom. The summed E-state index contributed by atoms with van der Waals surface area (Å²) in [6, 6.07) is 4.30. The summed E-state index contributed by atoms with van der Waals surface area (Å²) >= 11 is 6.19. The standard InChI is InChI=1S/C22H32ClN3O4S/c1-16-6-5-13-26(15-16)31(29,30)20-14-18(9-10-19(20)23)22(28)25-12-11-24-21(27)17-7-3-2-4-8-17/h9-10,14,16-17H,2-8,11-13,15H2,1H3,(H,24,27)(H,25,28). The molecule has 0 bridgehead atoms. The zero-order valence-electron chi connectivity index (χ0n) is 18.0. The van der Waals surface area contributed by atoms with Gasteiger partial charge >= 0.3 is 0 Å². The molecule has 31 heavy (non-hydrogen) atoms. The summed E-state index contributed by atoms with van der Waals surface area (Å²) < 4.78 is 27.6. The van der Waals surface area contributed by atoms with Crippen LogP contribution in [0.25, 0.3) is 0 Å². The highest BCUT2D eigenvalue weighted by atomic mass is 35.5. The fourth-order valence-electron chi connectivity index (χ4n) is 4.32. The second-order valence-electron chi connectivity index (χ2n) is 8.64. The average molecular weight is 470 g/mol. The zero-order valence-corrected chi connectivity index (χ0v) is 19.6. The van der Waals surface area contributed by atoms with E-state index < -0.39 is 15.9 Å². The fourth-order valence-corrected chi connectivity index (χ4v) is 6.42. The Kier molecular flexibility index (Phi) is 8.36. The Hall–Kier alpha value is -1.64. The van der Waals surface area contributed by atoms with Crippen LogP contribution in [-0.4, -0.2) is 50.7 Å². The van der Waals surface area contributed by atoms with Gasteiger partial charge in [-0.05, 0) is 49.8 Å². The SMILES string of the molecule is CC1CCCN(S(=O)(=O)c2cc(C(=O)NCCNC(=O)C3CCCCC3)ccc2Cl)C1. The van der Waals surface area contributed by atoms with E-state index in [-0.39, 0.29) is 39.8 Å². The first-order chi connectivity index (χ1) is 14.8. The molecular weight excluding hydrogens is 438 g/mol. The molecule has 9 heteroatoms. The van der Waals surface area contributed by atoms with Crippen LogP contribution in [0.5, 0.6) is 0 Å². The lowest BCUT2D eigenvalue weighted by Crippen LogP contribution is -2.39. The summed E-state index contributed by atoms with van der Waals surface area (Å²) in [5.41, 5.74) is 0.228. The molecule has 1 saturated carbocycles. The number of halogens is 1. The summed E-state index contributed by atoms with van der Waals surface area (Å²) in [7, 11) is -3.77. The van der Waals surface area contributed by atoms with Gasteiger partial charge in [-0.3, -0.25) is 9.59 Å². The minimum Gasteiger partial charge on any atom is -0.354 e. The van der Waals surface area contributed by atoms with E-state index in [9.17, 15) is 18.0 Å². The number of nitrogens with zero attached hydrogens (tertiary/aromatic N) is 1. The third-order valence-corrected chi connectivity index (χ3v) is 8.46. The van der Waals surface area contributed by atoms with Crippen LogP contribution in [0.2, 0.25) is 5.02 Å². The van der Waals surface area contributed by atoms with Crippen molar-refractivity contribution >= 4 is 33.4 Å². The van der Waals surface area contributed by atoms with E-state index in [1.807, 2.05) is 6.92 Å². The van der Waals surface area contributed by atoms with Crippen molar-refractivity contribution in [2.45, 2.75) is 56.8 Å². The second-order valence-corrected chi connectivity index (χ2v) is 11.0. The van der Waals surface area contributed by atoms with E-state index in [0.717, 1.165) is 38.5 Å². The predicted octanol–water partition coefficient (Wildman–Crippen LogP) is 3.19.